The third-order valence-electron chi connectivity index (χ3n) is 4.66. The molecule has 3 rings (SSSR count). The van der Waals surface area contributed by atoms with E-state index in [4.69, 9.17) is 0 Å². The van der Waals surface area contributed by atoms with Crippen LogP contribution in [-0.4, -0.2) is 35.4 Å². The topological polar surface area (TPSA) is 91.4 Å². The first-order valence-electron chi connectivity index (χ1n) is 9.36. The van der Waals surface area contributed by atoms with E-state index in [0.29, 0.717) is 24.6 Å². The molecule has 0 saturated carbocycles. The first-order valence-corrected chi connectivity index (χ1v) is 9.36. The minimum atomic E-state index is -0.855. The SMILES string of the molecule is CC(C)c1ccc(N2C(=O)N[C@H](CC(=O)NCCc3ccccn3)C2=O)cc1. The van der Waals surface area contributed by atoms with Gasteiger partial charge < -0.3 is 10.6 Å². The second kappa shape index (κ2) is 8.65. The van der Waals surface area contributed by atoms with Crippen LogP contribution in [0, 0.1) is 0 Å². The Balaban J connectivity index is 1.54. The summed E-state index contributed by atoms with van der Waals surface area (Å²) >= 11 is 0. The number of rotatable bonds is 7. The average Bonchev–Trinajstić information content (AvgIpc) is 2.96. The number of amides is 4. The van der Waals surface area contributed by atoms with E-state index in [2.05, 4.69) is 29.5 Å². The number of benzene rings is 1. The van der Waals surface area contributed by atoms with E-state index in [-0.39, 0.29) is 12.3 Å². The van der Waals surface area contributed by atoms with E-state index in [0.717, 1.165) is 16.2 Å². The zero-order chi connectivity index (χ0) is 20.1. The van der Waals surface area contributed by atoms with Gasteiger partial charge in [0.15, 0.2) is 0 Å². The van der Waals surface area contributed by atoms with Crippen LogP contribution in [0.2, 0.25) is 0 Å². The number of nitrogens with one attached hydrogen (secondary N) is 2. The smallest absolute Gasteiger partial charge is 0.329 e. The number of aromatic nitrogens is 1. The fourth-order valence-electron chi connectivity index (χ4n) is 3.06. The molecule has 7 nitrogen and oxygen atoms in total. The fourth-order valence-corrected chi connectivity index (χ4v) is 3.06. The maximum absolute atomic E-state index is 12.6. The van der Waals surface area contributed by atoms with E-state index < -0.39 is 18.0 Å². The molecule has 1 aliphatic rings. The number of imide groups is 1. The molecule has 1 atom stereocenters. The number of nitrogens with zero attached hydrogens (tertiary/aromatic N) is 2. The van der Waals surface area contributed by atoms with Crippen molar-refractivity contribution >= 4 is 23.5 Å². The molecule has 1 aromatic heterocycles. The quantitative estimate of drug-likeness (QED) is 0.722. The Morgan fingerprint density at radius 3 is 2.57 bits per heavy atom. The normalized spacial score (nSPS) is 16.4. The Morgan fingerprint density at radius 2 is 1.93 bits per heavy atom. The number of carbonyl (C=O) groups excluding carboxylic acids is 3. The van der Waals surface area contributed by atoms with Crippen LogP contribution in [0.15, 0.2) is 48.7 Å². The molecule has 2 heterocycles. The molecule has 0 unspecified atom stereocenters. The Morgan fingerprint density at radius 1 is 1.18 bits per heavy atom. The monoisotopic (exact) mass is 380 g/mol. The largest absolute Gasteiger partial charge is 0.356 e. The van der Waals surface area contributed by atoms with E-state index >= 15 is 0 Å². The Bertz CT molecular complexity index is 850. The maximum Gasteiger partial charge on any atom is 0.329 e. The number of hydrogen-bond donors (Lipinski definition) is 2. The van der Waals surface area contributed by atoms with Crippen LogP contribution >= 0.6 is 0 Å². The van der Waals surface area contributed by atoms with E-state index in [9.17, 15) is 14.4 Å². The molecule has 28 heavy (non-hydrogen) atoms. The van der Waals surface area contributed by atoms with Gasteiger partial charge in [-0.3, -0.25) is 14.6 Å². The molecule has 7 heteroatoms. The molecule has 1 saturated heterocycles. The lowest BCUT2D eigenvalue weighted by atomic mass is 10.0. The molecular weight excluding hydrogens is 356 g/mol. The third kappa shape index (κ3) is 4.54. The van der Waals surface area contributed by atoms with Crippen molar-refractivity contribution in [3.05, 3.63) is 59.9 Å². The van der Waals surface area contributed by atoms with Crippen molar-refractivity contribution in [2.45, 2.75) is 38.6 Å². The summed E-state index contributed by atoms with van der Waals surface area (Å²) < 4.78 is 0. The van der Waals surface area contributed by atoms with Gasteiger partial charge >= 0.3 is 6.03 Å². The molecule has 1 aromatic carbocycles. The molecular formula is C21H24N4O3. The summed E-state index contributed by atoms with van der Waals surface area (Å²) in [4.78, 5) is 42.3. The molecule has 1 aliphatic heterocycles. The summed E-state index contributed by atoms with van der Waals surface area (Å²) in [7, 11) is 0. The lowest BCUT2D eigenvalue weighted by Gasteiger charge is -2.14. The van der Waals surface area contributed by atoms with Crippen molar-refractivity contribution in [3.63, 3.8) is 0 Å². The van der Waals surface area contributed by atoms with Gasteiger partial charge in [0.2, 0.25) is 5.91 Å². The van der Waals surface area contributed by atoms with Crippen molar-refractivity contribution in [1.29, 1.82) is 0 Å². The number of hydrogen-bond acceptors (Lipinski definition) is 4. The van der Waals surface area contributed by atoms with Crippen LogP contribution in [-0.2, 0) is 16.0 Å². The van der Waals surface area contributed by atoms with E-state index in [1.54, 1.807) is 18.3 Å². The molecule has 0 bridgehead atoms. The van der Waals surface area contributed by atoms with E-state index in [1.165, 1.54) is 0 Å². The van der Waals surface area contributed by atoms with E-state index in [1.807, 2.05) is 30.3 Å². The van der Waals surface area contributed by atoms with Crippen LogP contribution < -0.4 is 15.5 Å². The van der Waals surface area contributed by atoms with Crippen molar-refractivity contribution in [1.82, 2.24) is 15.6 Å². The van der Waals surface area contributed by atoms with Gasteiger partial charge in [-0.25, -0.2) is 9.69 Å². The average molecular weight is 380 g/mol. The Hall–Kier alpha value is -3.22. The lowest BCUT2D eigenvalue weighted by Crippen LogP contribution is -2.37. The van der Waals surface area contributed by atoms with Gasteiger partial charge in [0, 0.05) is 24.9 Å². The summed E-state index contributed by atoms with van der Waals surface area (Å²) in [6, 6.07) is 11.6. The van der Waals surface area contributed by atoms with Crippen LogP contribution in [0.25, 0.3) is 0 Å². The van der Waals surface area contributed by atoms with Crippen molar-refractivity contribution in [2.75, 3.05) is 11.4 Å². The molecule has 2 aromatic rings. The van der Waals surface area contributed by atoms with Crippen LogP contribution in [0.3, 0.4) is 0 Å². The highest BCUT2D eigenvalue weighted by molar-refractivity contribution is 6.22. The molecule has 4 amide bonds. The van der Waals surface area contributed by atoms with Gasteiger partial charge in [-0.2, -0.15) is 0 Å². The van der Waals surface area contributed by atoms with Gasteiger partial charge in [0.1, 0.15) is 6.04 Å². The maximum atomic E-state index is 12.6. The number of pyridine rings is 1. The highest BCUT2D eigenvalue weighted by atomic mass is 16.2. The first kappa shape index (κ1) is 19.5. The second-order valence-corrected chi connectivity index (χ2v) is 7.05. The van der Waals surface area contributed by atoms with Gasteiger partial charge in [0.25, 0.3) is 5.91 Å². The van der Waals surface area contributed by atoms with Gasteiger partial charge in [-0.05, 0) is 35.7 Å². The first-order chi connectivity index (χ1) is 13.5. The minimum absolute atomic E-state index is 0.0899. The third-order valence-corrected chi connectivity index (χ3v) is 4.66. The highest BCUT2D eigenvalue weighted by Gasteiger charge is 2.39. The second-order valence-electron chi connectivity index (χ2n) is 7.05. The molecule has 146 valence electrons. The Labute approximate surface area is 164 Å². The highest BCUT2D eigenvalue weighted by Crippen LogP contribution is 2.23. The minimum Gasteiger partial charge on any atom is -0.356 e. The molecule has 0 spiro atoms. The fraction of sp³-hybridized carbons (Fsp3) is 0.333. The summed E-state index contributed by atoms with van der Waals surface area (Å²) in [5.41, 5.74) is 2.51. The summed E-state index contributed by atoms with van der Waals surface area (Å²) in [6.45, 7) is 4.57. The van der Waals surface area contributed by atoms with Crippen molar-refractivity contribution in [3.8, 4) is 0 Å². The predicted octanol–water partition coefficient (Wildman–Crippen LogP) is 2.38. The summed E-state index contributed by atoms with van der Waals surface area (Å²) in [6.07, 6.45) is 2.21. The molecule has 2 N–H and O–H groups in total. The predicted molar refractivity (Wildman–Crippen MR) is 106 cm³/mol. The molecule has 0 radical (unpaired) electrons. The van der Waals surface area contributed by atoms with Crippen LogP contribution in [0.4, 0.5) is 10.5 Å². The van der Waals surface area contributed by atoms with Crippen molar-refractivity contribution < 1.29 is 14.4 Å². The van der Waals surface area contributed by atoms with Crippen LogP contribution in [0.1, 0.15) is 37.4 Å². The zero-order valence-corrected chi connectivity index (χ0v) is 16.0. The van der Waals surface area contributed by atoms with Gasteiger partial charge in [0.05, 0.1) is 12.1 Å². The Kier molecular flexibility index (Phi) is 6.03. The lowest BCUT2D eigenvalue weighted by molar-refractivity contribution is -0.125. The number of carbonyl (C=O) groups is 3. The van der Waals surface area contributed by atoms with Crippen LogP contribution in [0.5, 0.6) is 0 Å². The van der Waals surface area contributed by atoms with Crippen molar-refractivity contribution in [2.24, 2.45) is 0 Å². The molecule has 0 aliphatic carbocycles. The summed E-state index contributed by atoms with van der Waals surface area (Å²) in [5.74, 6) is -0.339. The molecule has 1 fully saturated rings. The van der Waals surface area contributed by atoms with Gasteiger partial charge in [-0.15, -0.1) is 0 Å². The number of urea groups is 1. The zero-order valence-electron chi connectivity index (χ0n) is 16.0. The number of anilines is 1. The summed E-state index contributed by atoms with van der Waals surface area (Å²) in [5, 5.41) is 5.36. The van der Waals surface area contributed by atoms with Gasteiger partial charge in [-0.1, -0.05) is 32.0 Å². The standard InChI is InChI=1S/C21H24N4O3/c1-14(2)15-6-8-17(9-7-15)25-20(27)18(24-21(25)28)13-19(26)23-12-10-16-5-3-4-11-22-16/h3-9,11,14,18H,10,12-13H2,1-2H3,(H,23,26)(H,24,28)/t18-/m1/s1.